The van der Waals surface area contributed by atoms with Crippen molar-refractivity contribution in [3.05, 3.63) is 90.0 Å². The third-order valence-electron chi connectivity index (χ3n) is 12.7. The molecule has 15 heteroatoms. The molecule has 0 aromatic heterocycles. The van der Waals surface area contributed by atoms with Crippen LogP contribution in [0.3, 0.4) is 0 Å². The van der Waals surface area contributed by atoms with Crippen LogP contribution in [-0.2, 0) is 32.3 Å². The monoisotopic (exact) mass is 861 g/mol. The van der Waals surface area contributed by atoms with Gasteiger partial charge in [-0.25, -0.2) is 9.59 Å². The number of nitrogens with one attached hydrogen (secondary N) is 4. The summed E-state index contributed by atoms with van der Waals surface area (Å²) in [7, 11) is 0. The van der Waals surface area contributed by atoms with Gasteiger partial charge in [-0.2, -0.15) is 0 Å². The fourth-order valence-electron chi connectivity index (χ4n) is 9.49. The minimum Gasteiger partial charge on any atom is -0.363 e. The number of amides is 8. The Labute approximate surface area is 370 Å². The molecule has 4 heterocycles. The van der Waals surface area contributed by atoms with Crippen LogP contribution in [0.25, 0.3) is 0 Å². The second-order valence-corrected chi connectivity index (χ2v) is 17.9. The maximum absolute atomic E-state index is 13.9. The van der Waals surface area contributed by atoms with Gasteiger partial charge < -0.3 is 45.8 Å². The summed E-state index contributed by atoms with van der Waals surface area (Å²) in [5.74, 6) is -1.03. The Kier molecular flexibility index (Phi) is 14.5. The Morgan fingerprint density at radius 3 is 1.38 bits per heavy atom. The van der Waals surface area contributed by atoms with Gasteiger partial charge in [0.1, 0.15) is 24.2 Å². The first-order valence-corrected chi connectivity index (χ1v) is 22.7. The van der Waals surface area contributed by atoms with Crippen molar-refractivity contribution in [3.63, 3.8) is 0 Å². The predicted molar refractivity (Wildman–Crippen MR) is 243 cm³/mol. The molecule has 4 aliphatic heterocycles. The van der Waals surface area contributed by atoms with Crippen molar-refractivity contribution >= 4 is 52.8 Å². The quantitative estimate of drug-likeness (QED) is 0.154. The second kappa shape index (κ2) is 20.4. The fourth-order valence-corrected chi connectivity index (χ4v) is 9.49. The van der Waals surface area contributed by atoms with Gasteiger partial charge in [-0.1, -0.05) is 70.2 Å². The molecule has 0 spiro atoms. The van der Waals surface area contributed by atoms with E-state index in [1.165, 1.54) is 0 Å². The molecule has 7 rings (SSSR count). The molecule has 336 valence electrons. The molecule has 0 aliphatic carbocycles. The van der Waals surface area contributed by atoms with Crippen LogP contribution in [-0.4, -0.2) is 119 Å². The highest BCUT2D eigenvalue weighted by atomic mass is 16.2. The zero-order chi connectivity index (χ0) is 44.6. The van der Waals surface area contributed by atoms with Crippen LogP contribution in [0.1, 0.15) is 77.3 Å². The fraction of sp³-hybridized carbons (Fsp3) is 0.500. The number of urea groups is 2. The average Bonchev–Trinajstić information content (AvgIpc) is 3.98. The van der Waals surface area contributed by atoms with E-state index >= 15 is 0 Å². The average molecular weight is 862 g/mol. The van der Waals surface area contributed by atoms with Gasteiger partial charge in [0, 0.05) is 69.4 Å². The molecular weight excluding hydrogens is 799 g/mol. The maximum Gasteiger partial charge on any atom is 0.318 e. The molecule has 0 saturated carbocycles. The van der Waals surface area contributed by atoms with Gasteiger partial charge >= 0.3 is 12.1 Å². The van der Waals surface area contributed by atoms with Crippen LogP contribution in [0.4, 0.5) is 26.7 Å². The van der Waals surface area contributed by atoms with E-state index in [0.717, 1.165) is 42.5 Å². The predicted octanol–water partition coefficient (Wildman–Crippen LogP) is 5.63. The highest BCUT2D eigenvalue weighted by Gasteiger charge is 2.43. The summed E-state index contributed by atoms with van der Waals surface area (Å²) in [6.07, 6.45) is 4.10. The van der Waals surface area contributed by atoms with Gasteiger partial charge in [0.25, 0.3) is 0 Å². The molecule has 3 aromatic rings. The molecule has 8 amide bonds. The smallest absolute Gasteiger partial charge is 0.318 e. The molecular formula is C48H63N9O6. The molecule has 4 saturated heterocycles. The molecule has 1 unspecified atom stereocenters. The Balaban J connectivity index is 0.963. The molecule has 4 fully saturated rings. The topological polar surface area (TPSA) is 167 Å². The normalized spacial score (nSPS) is 20.0. The van der Waals surface area contributed by atoms with Crippen LogP contribution < -0.4 is 26.2 Å². The summed E-state index contributed by atoms with van der Waals surface area (Å²) in [5.41, 5.74) is 4.39. The zero-order valence-corrected chi connectivity index (χ0v) is 37.1. The summed E-state index contributed by atoms with van der Waals surface area (Å²) in [4.78, 5) is 89.3. The van der Waals surface area contributed by atoms with Crippen molar-refractivity contribution in [3.8, 4) is 0 Å². The van der Waals surface area contributed by atoms with E-state index < -0.39 is 24.2 Å². The summed E-state index contributed by atoms with van der Waals surface area (Å²) in [5, 5.41) is 11.8. The van der Waals surface area contributed by atoms with Gasteiger partial charge in [0.05, 0.1) is 0 Å². The Hall–Kier alpha value is -6.12. The SMILES string of the molecule is CC(C)[C@@H](C(=O)N1CCCC1C(=O)Nc1ccc(CN(Cc2ccc(NC(=O)[C@@H]3CCCN3C(=O)[C@H](C(C)C)N3CCCNC3=O)cc2)c2ccccc2)cc1)N1CCCNC1=O. The largest absolute Gasteiger partial charge is 0.363 e. The summed E-state index contributed by atoms with van der Waals surface area (Å²) in [6.45, 7) is 12.1. The van der Waals surface area contributed by atoms with E-state index in [1.54, 1.807) is 19.6 Å². The van der Waals surface area contributed by atoms with Gasteiger partial charge in [-0.05, 0) is 97.9 Å². The van der Waals surface area contributed by atoms with Gasteiger partial charge in [0.2, 0.25) is 23.6 Å². The van der Waals surface area contributed by atoms with Crippen molar-refractivity contribution in [1.82, 2.24) is 30.2 Å². The van der Waals surface area contributed by atoms with E-state index in [4.69, 9.17) is 0 Å². The third kappa shape index (κ3) is 10.6. The number of carbonyl (C=O) groups is 6. The van der Waals surface area contributed by atoms with Gasteiger partial charge in [-0.3, -0.25) is 19.2 Å². The van der Waals surface area contributed by atoms with Crippen LogP contribution in [0.5, 0.6) is 0 Å². The van der Waals surface area contributed by atoms with E-state index in [0.29, 0.717) is 76.6 Å². The molecule has 4 aliphatic rings. The van der Waals surface area contributed by atoms with Crippen LogP contribution in [0.15, 0.2) is 78.9 Å². The lowest BCUT2D eigenvalue weighted by molar-refractivity contribution is -0.142. The molecule has 3 aromatic carbocycles. The lowest BCUT2D eigenvalue weighted by Gasteiger charge is -2.39. The maximum atomic E-state index is 13.9. The van der Waals surface area contributed by atoms with Gasteiger partial charge in [-0.15, -0.1) is 0 Å². The first kappa shape index (κ1) is 44.9. The van der Waals surface area contributed by atoms with Gasteiger partial charge in [0.15, 0.2) is 0 Å². The van der Waals surface area contributed by atoms with Crippen molar-refractivity contribution in [2.45, 2.75) is 103 Å². The second-order valence-electron chi connectivity index (χ2n) is 17.9. The number of para-hydroxylation sites is 1. The van der Waals surface area contributed by atoms with Crippen LogP contribution in [0.2, 0.25) is 0 Å². The Morgan fingerprint density at radius 2 is 1.00 bits per heavy atom. The number of benzene rings is 3. The molecule has 63 heavy (non-hydrogen) atoms. The molecule has 4 N–H and O–H groups in total. The first-order valence-electron chi connectivity index (χ1n) is 22.7. The lowest BCUT2D eigenvalue weighted by Crippen LogP contribution is -2.60. The molecule has 0 bridgehead atoms. The number of anilines is 3. The van der Waals surface area contributed by atoms with E-state index in [-0.39, 0.29) is 47.5 Å². The number of nitrogens with zero attached hydrogens (tertiary/aromatic N) is 5. The van der Waals surface area contributed by atoms with Crippen LogP contribution in [0, 0.1) is 11.8 Å². The summed E-state index contributed by atoms with van der Waals surface area (Å²) < 4.78 is 0. The van der Waals surface area contributed by atoms with E-state index in [2.05, 4.69) is 38.3 Å². The standard InChI is InChI=1S/C48H63N9O6/c1-32(2)41(56-28-10-24-49-47(56)62)45(60)54-26-8-14-39(54)43(58)51-36-20-16-34(17-21-36)30-53(38-12-6-5-7-13-38)31-35-18-22-37(23-19-35)52-44(59)40-15-9-27-55(40)46(61)42(33(3)4)57-29-11-25-50-48(57)63/h5-7,12-13,16-23,32-33,39-42H,8-11,14-15,24-31H2,1-4H3,(H,49,62)(H,50,63)(H,51,58)(H,52,59)/t39-,40?,41-,42-/m0/s1. The number of hydrogen-bond acceptors (Lipinski definition) is 7. The third-order valence-corrected chi connectivity index (χ3v) is 12.7. The minimum atomic E-state index is -0.628. The lowest BCUT2D eigenvalue weighted by atomic mass is 9.99. The van der Waals surface area contributed by atoms with Crippen molar-refractivity contribution in [2.24, 2.45) is 11.8 Å². The number of likely N-dealkylation sites (tertiary alicyclic amines) is 2. The van der Waals surface area contributed by atoms with Crippen LogP contribution >= 0.6 is 0 Å². The highest BCUT2D eigenvalue weighted by Crippen LogP contribution is 2.28. The zero-order valence-electron chi connectivity index (χ0n) is 37.1. The van der Waals surface area contributed by atoms with Crippen molar-refractivity contribution in [1.29, 1.82) is 0 Å². The number of hydrogen-bond donors (Lipinski definition) is 4. The molecule has 0 radical (unpaired) electrons. The van der Waals surface area contributed by atoms with E-state index in [1.807, 2.05) is 94.4 Å². The van der Waals surface area contributed by atoms with Crippen molar-refractivity contribution < 1.29 is 28.8 Å². The Morgan fingerprint density at radius 1 is 0.587 bits per heavy atom. The number of carbonyl (C=O) groups excluding carboxylic acids is 6. The minimum absolute atomic E-state index is 0.102. The summed E-state index contributed by atoms with van der Waals surface area (Å²) >= 11 is 0. The molecule has 15 nitrogen and oxygen atoms in total. The van der Waals surface area contributed by atoms with Crippen molar-refractivity contribution in [2.75, 3.05) is 54.8 Å². The van der Waals surface area contributed by atoms with E-state index in [9.17, 15) is 28.8 Å². The summed E-state index contributed by atoms with van der Waals surface area (Å²) in [6, 6.07) is 22.7. The first-order chi connectivity index (χ1) is 30.4. The number of rotatable bonds is 15. The molecule has 4 atom stereocenters. The Bertz CT molecular complexity index is 1970. The highest BCUT2D eigenvalue weighted by molar-refractivity contribution is 6.00.